The summed E-state index contributed by atoms with van der Waals surface area (Å²) in [7, 11) is 0. The van der Waals surface area contributed by atoms with Crippen molar-refractivity contribution in [2.24, 2.45) is 0 Å². The molecule has 19 heavy (non-hydrogen) atoms. The van der Waals surface area contributed by atoms with Crippen molar-refractivity contribution in [3.05, 3.63) is 46.8 Å². The number of benzene rings is 1. The number of carbonyl (C=O) groups excluding carboxylic acids is 1. The lowest BCUT2D eigenvalue weighted by molar-refractivity contribution is 0.112. The number of hydrogen-bond donors (Lipinski definition) is 0. The third kappa shape index (κ3) is 2.41. The first-order valence-electron chi connectivity index (χ1n) is 6.13. The molecule has 100 valence electrons. The summed E-state index contributed by atoms with van der Waals surface area (Å²) in [5, 5.41) is 4.20. The molecule has 0 saturated carbocycles. The molecule has 0 amide bonds. The fourth-order valence-electron chi connectivity index (χ4n) is 1.95. The maximum Gasteiger partial charge on any atom is 0.152 e. The normalized spacial score (nSPS) is 10.7. The largest absolute Gasteiger partial charge is 0.298 e. The quantitative estimate of drug-likeness (QED) is 0.795. The second-order valence-corrected chi connectivity index (χ2v) is 4.20. The van der Waals surface area contributed by atoms with Gasteiger partial charge in [-0.3, -0.25) is 4.79 Å². The lowest BCUT2D eigenvalue weighted by Gasteiger charge is -2.09. The van der Waals surface area contributed by atoms with Gasteiger partial charge in [0.15, 0.2) is 11.6 Å². The molecule has 2 aromatic rings. The van der Waals surface area contributed by atoms with Crippen LogP contribution in [0.2, 0.25) is 0 Å². The third-order valence-corrected chi connectivity index (χ3v) is 2.95. The summed E-state index contributed by atoms with van der Waals surface area (Å²) in [5.74, 6) is -1.58. The lowest BCUT2D eigenvalue weighted by Crippen LogP contribution is -2.08. The number of hydrogen-bond acceptors (Lipinski definition) is 2. The zero-order chi connectivity index (χ0) is 14.0. The highest BCUT2D eigenvalue weighted by atomic mass is 19.1. The molecule has 0 aliphatic heterocycles. The van der Waals surface area contributed by atoms with E-state index in [4.69, 9.17) is 0 Å². The van der Waals surface area contributed by atoms with Gasteiger partial charge >= 0.3 is 0 Å². The van der Waals surface area contributed by atoms with Crippen LogP contribution in [0.5, 0.6) is 0 Å². The van der Waals surface area contributed by atoms with E-state index in [0.29, 0.717) is 19.1 Å². The topological polar surface area (TPSA) is 34.9 Å². The lowest BCUT2D eigenvalue weighted by atomic mass is 10.2. The van der Waals surface area contributed by atoms with Gasteiger partial charge in [0, 0.05) is 11.3 Å². The van der Waals surface area contributed by atoms with Crippen molar-refractivity contribution in [3.63, 3.8) is 0 Å². The van der Waals surface area contributed by atoms with Gasteiger partial charge in [0.1, 0.15) is 12.0 Å². The molecule has 1 heterocycles. The van der Waals surface area contributed by atoms with E-state index in [-0.39, 0.29) is 11.3 Å². The summed E-state index contributed by atoms with van der Waals surface area (Å²) < 4.78 is 29.2. The molecule has 1 aromatic carbocycles. The van der Waals surface area contributed by atoms with E-state index in [1.54, 1.807) is 0 Å². The van der Waals surface area contributed by atoms with Gasteiger partial charge in [-0.15, -0.1) is 0 Å². The molecule has 0 aliphatic rings. The van der Waals surface area contributed by atoms with Gasteiger partial charge in [-0.2, -0.15) is 5.10 Å². The first-order chi connectivity index (χ1) is 9.10. The van der Waals surface area contributed by atoms with Crippen molar-refractivity contribution < 1.29 is 13.6 Å². The van der Waals surface area contributed by atoms with Crippen LogP contribution in [0.3, 0.4) is 0 Å². The molecule has 0 fully saturated rings. The van der Waals surface area contributed by atoms with Crippen LogP contribution in [-0.2, 0) is 12.8 Å². The Labute approximate surface area is 109 Å². The molecule has 3 nitrogen and oxygen atoms in total. The molecule has 0 atom stereocenters. The minimum Gasteiger partial charge on any atom is -0.298 e. The van der Waals surface area contributed by atoms with E-state index in [1.165, 1.54) is 4.68 Å². The Hall–Kier alpha value is -2.04. The highest BCUT2D eigenvalue weighted by Crippen LogP contribution is 2.21. The van der Waals surface area contributed by atoms with Gasteiger partial charge in [-0.1, -0.05) is 13.8 Å². The van der Waals surface area contributed by atoms with Crippen molar-refractivity contribution >= 4 is 6.29 Å². The van der Waals surface area contributed by atoms with Gasteiger partial charge in [0.2, 0.25) is 0 Å². The fourth-order valence-corrected chi connectivity index (χ4v) is 1.95. The molecule has 0 N–H and O–H groups in total. The number of aldehydes is 1. The molecule has 0 bridgehead atoms. The van der Waals surface area contributed by atoms with Crippen LogP contribution < -0.4 is 0 Å². The number of rotatable bonds is 4. The Morgan fingerprint density at radius 2 is 1.79 bits per heavy atom. The highest BCUT2D eigenvalue weighted by Gasteiger charge is 2.17. The van der Waals surface area contributed by atoms with Crippen LogP contribution in [-0.4, -0.2) is 16.1 Å². The van der Waals surface area contributed by atoms with E-state index in [0.717, 1.165) is 23.5 Å². The molecular weight excluding hydrogens is 250 g/mol. The number of halogens is 2. The summed E-state index contributed by atoms with van der Waals surface area (Å²) in [6, 6.07) is 3.85. The minimum absolute atomic E-state index is 0.0281. The van der Waals surface area contributed by atoms with Crippen LogP contribution in [0.15, 0.2) is 18.2 Å². The average molecular weight is 264 g/mol. The fraction of sp³-hybridized carbons (Fsp3) is 0.286. The molecule has 0 spiro atoms. The molecule has 0 radical (unpaired) electrons. The smallest absolute Gasteiger partial charge is 0.152 e. The Balaban J connectivity index is 2.64. The second-order valence-electron chi connectivity index (χ2n) is 4.20. The first-order valence-corrected chi connectivity index (χ1v) is 6.13. The number of nitrogens with zero attached hydrogens (tertiary/aromatic N) is 2. The van der Waals surface area contributed by atoms with E-state index >= 15 is 0 Å². The summed E-state index contributed by atoms with van der Waals surface area (Å²) in [6.45, 7) is 3.82. The van der Waals surface area contributed by atoms with E-state index in [9.17, 15) is 13.6 Å². The van der Waals surface area contributed by atoms with Crippen LogP contribution in [0.25, 0.3) is 5.69 Å². The molecular formula is C14H14F2N2O. The monoisotopic (exact) mass is 264 g/mol. The first kappa shape index (κ1) is 13.4. The van der Waals surface area contributed by atoms with Crippen LogP contribution in [0.1, 0.15) is 35.6 Å². The van der Waals surface area contributed by atoms with Crippen molar-refractivity contribution in [2.45, 2.75) is 26.7 Å². The number of carbonyl (C=O) groups is 1. The molecule has 0 aliphatic carbocycles. The zero-order valence-electron chi connectivity index (χ0n) is 10.8. The van der Waals surface area contributed by atoms with E-state index in [2.05, 4.69) is 5.10 Å². The minimum atomic E-state index is -0.789. The Kier molecular flexibility index (Phi) is 3.74. The maximum atomic E-state index is 14.0. The Morgan fingerprint density at radius 3 is 2.26 bits per heavy atom. The van der Waals surface area contributed by atoms with Crippen molar-refractivity contribution in [1.82, 2.24) is 9.78 Å². The average Bonchev–Trinajstić information content (AvgIpc) is 2.81. The molecule has 2 rings (SSSR count). The highest BCUT2D eigenvalue weighted by molar-refractivity contribution is 5.75. The van der Waals surface area contributed by atoms with E-state index in [1.807, 2.05) is 19.9 Å². The van der Waals surface area contributed by atoms with Gasteiger partial charge in [0.05, 0.1) is 5.69 Å². The standard InChI is InChI=1S/C14H14F2N2O/c1-3-10-7-11(4-2)18(17-10)14-12(15)5-9(8-19)6-13(14)16/h5-8H,3-4H2,1-2H3. The number of aromatic nitrogens is 2. The molecule has 0 saturated heterocycles. The summed E-state index contributed by atoms with van der Waals surface area (Å²) >= 11 is 0. The predicted octanol–water partition coefficient (Wildman–Crippen LogP) is 3.09. The molecule has 5 heteroatoms. The van der Waals surface area contributed by atoms with Crippen LogP contribution in [0.4, 0.5) is 8.78 Å². The summed E-state index contributed by atoms with van der Waals surface area (Å²) in [6.07, 6.45) is 1.72. The van der Waals surface area contributed by atoms with Gasteiger partial charge in [-0.05, 0) is 31.0 Å². The van der Waals surface area contributed by atoms with Gasteiger partial charge < -0.3 is 0 Å². The molecule has 0 unspecified atom stereocenters. The Morgan fingerprint density at radius 1 is 1.16 bits per heavy atom. The maximum absolute atomic E-state index is 14.0. The zero-order valence-corrected chi connectivity index (χ0v) is 10.8. The third-order valence-electron chi connectivity index (χ3n) is 2.95. The SMILES string of the molecule is CCc1cc(CC)n(-c2c(F)cc(C=O)cc2F)n1. The van der Waals surface area contributed by atoms with Gasteiger partial charge in [-0.25, -0.2) is 13.5 Å². The Bertz CT molecular complexity index is 597. The number of aryl methyl sites for hydroxylation is 2. The summed E-state index contributed by atoms with van der Waals surface area (Å²) in [4.78, 5) is 10.6. The van der Waals surface area contributed by atoms with Gasteiger partial charge in [0.25, 0.3) is 0 Å². The second kappa shape index (κ2) is 5.30. The van der Waals surface area contributed by atoms with E-state index < -0.39 is 11.6 Å². The van der Waals surface area contributed by atoms with Crippen molar-refractivity contribution in [3.8, 4) is 5.69 Å². The van der Waals surface area contributed by atoms with Crippen molar-refractivity contribution in [2.75, 3.05) is 0 Å². The van der Waals surface area contributed by atoms with Crippen LogP contribution in [0, 0.1) is 11.6 Å². The summed E-state index contributed by atoms with van der Waals surface area (Å²) in [5.41, 5.74) is 1.24. The van der Waals surface area contributed by atoms with Crippen molar-refractivity contribution in [1.29, 1.82) is 0 Å². The van der Waals surface area contributed by atoms with Crippen LogP contribution >= 0.6 is 0 Å². The predicted molar refractivity (Wildman–Crippen MR) is 67.6 cm³/mol. The molecule has 1 aromatic heterocycles.